The van der Waals surface area contributed by atoms with Crippen LogP contribution in [0.1, 0.15) is 41.4 Å². The highest BCUT2D eigenvalue weighted by atomic mass is 35.5. The third-order valence-corrected chi connectivity index (χ3v) is 7.69. The van der Waals surface area contributed by atoms with Gasteiger partial charge in [0.1, 0.15) is 17.7 Å². The molecule has 2 atom stereocenters. The first-order chi connectivity index (χ1) is 18.7. The van der Waals surface area contributed by atoms with Crippen molar-refractivity contribution in [3.63, 3.8) is 0 Å². The quantitative estimate of drug-likeness (QED) is 0.388. The second-order valence-electron chi connectivity index (χ2n) is 10.1. The zero-order chi connectivity index (χ0) is 27.9. The monoisotopic (exact) mass is 554 g/mol. The summed E-state index contributed by atoms with van der Waals surface area (Å²) in [5.74, 6) is -1.87. The molecule has 204 valence electrons. The summed E-state index contributed by atoms with van der Waals surface area (Å²) in [6, 6.07) is 12.7. The molecule has 0 bridgehead atoms. The smallest absolute Gasteiger partial charge is 0.257 e. The fraction of sp³-hybridized carbons (Fsp3) is 0.345. The largest absolute Gasteiger partial charge is 0.495 e. The first-order valence-corrected chi connectivity index (χ1v) is 12.9. The molecule has 3 aromatic rings. The van der Waals surface area contributed by atoms with Gasteiger partial charge in [-0.25, -0.2) is 4.39 Å². The van der Waals surface area contributed by atoms with Crippen molar-refractivity contribution in [3.05, 3.63) is 82.4 Å². The van der Waals surface area contributed by atoms with Gasteiger partial charge in [0, 0.05) is 16.0 Å². The third-order valence-electron chi connectivity index (χ3n) is 7.44. The number of rotatable bonds is 10. The van der Waals surface area contributed by atoms with Crippen LogP contribution in [0.3, 0.4) is 0 Å². The number of ketones is 1. The number of hydrogen-bond donors (Lipinski definition) is 2. The lowest BCUT2D eigenvalue weighted by atomic mass is 9.90. The Morgan fingerprint density at radius 2 is 1.85 bits per heavy atom. The number of fused-ring (bicyclic) bond motifs is 1. The molecule has 39 heavy (non-hydrogen) atoms. The lowest BCUT2D eigenvalue weighted by molar-refractivity contribution is -0.186. The number of nitrogens with zero attached hydrogens (tertiary/aromatic N) is 2. The zero-order valence-corrected chi connectivity index (χ0v) is 22.2. The van der Waals surface area contributed by atoms with E-state index in [4.69, 9.17) is 21.1 Å². The van der Waals surface area contributed by atoms with E-state index < -0.39 is 34.8 Å². The number of aliphatic hydroxyl groups excluding tert-OH is 2. The van der Waals surface area contributed by atoms with Crippen LogP contribution in [0.25, 0.3) is 11.1 Å². The summed E-state index contributed by atoms with van der Waals surface area (Å²) in [7, 11) is 1.49. The van der Waals surface area contributed by atoms with Gasteiger partial charge in [0.15, 0.2) is 0 Å². The summed E-state index contributed by atoms with van der Waals surface area (Å²) in [4.78, 5) is 33.2. The summed E-state index contributed by atoms with van der Waals surface area (Å²) < 4.78 is 28.0. The second-order valence-corrected chi connectivity index (χ2v) is 10.5. The molecule has 1 saturated carbocycles. The molecule has 2 heterocycles. The number of aromatic nitrogens is 1. The van der Waals surface area contributed by atoms with Crippen molar-refractivity contribution in [1.82, 2.24) is 9.88 Å². The van der Waals surface area contributed by atoms with Gasteiger partial charge in [0.2, 0.25) is 11.5 Å². The molecular formula is C29H28ClFN2O6. The van der Waals surface area contributed by atoms with Crippen molar-refractivity contribution in [1.29, 1.82) is 0 Å². The Morgan fingerprint density at radius 3 is 2.41 bits per heavy atom. The van der Waals surface area contributed by atoms with Crippen LogP contribution in [0, 0.1) is 11.2 Å². The van der Waals surface area contributed by atoms with Crippen LogP contribution in [0.2, 0.25) is 5.02 Å². The summed E-state index contributed by atoms with van der Waals surface area (Å²) >= 11 is 6.02. The number of halogens is 2. The van der Waals surface area contributed by atoms with Crippen LogP contribution in [-0.4, -0.2) is 58.2 Å². The van der Waals surface area contributed by atoms with Crippen molar-refractivity contribution < 1.29 is 33.7 Å². The molecule has 1 fully saturated rings. The molecule has 1 aromatic heterocycles. The first-order valence-electron chi connectivity index (χ1n) is 12.5. The summed E-state index contributed by atoms with van der Waals surface area (Å²) in [6.07, 6.45) is 1.16. The molecule has 8 nitrogen and oxygen atoms in total. The zero-order valence-electron chi connectivity index (χ0n) is 21.5. The molecular weight excluding hydrogens is 527 g/mol. The second kappa shape index (κ2) is 10.3. The Hall–Kier alpha value is -3.37. The van der Waals surface area contributed by atoms with E-state index in [1.165, 1.54) is 32.4 Å². The lowest BCUT2D eigenvalue weighted by Crippen LogP contribution is -2.55. The highest BCUT2D eigenvalue weighted by Crippen LogP contribution is 2.51. The number of Topliss-reactive ketones (excluding diaryl/α,β-unsaturated/α-hetero) is 1. The maximum Gasteiger partial charge on any atom is 0.257 e. The van der Waals surface area contributed by atoms with Crippen LogP contribution < -0.4 is 4.74 Å². The van der Waals surface area contributed by atoms with Crippen LogP contribution >= 0.6 is 11.6 Å². The fourth-order valence-corrected chi connectivity index (χ4v) is 5.00. The third kappa shape index (κ3) is 4.69. The van der Waals surface area contributed by atoms with Gasteiger partial charge >= 0.3 is 0 Å². The molecule has 1 aliphatic carbocycles. The molecule has 2 aromatic carbocycles. The molecule has 1 amide bonds. The summed E-state index contributed by atoms with van der Waals surface area (Å²) in [6.45, 7) is 0.726. The van der Waals surface area contributed by atoms with Crippen LogP contribution in [0.5, 0.6) is 5.75 Å². The minimum Gasteiger partial charge on any atom is -0.495 e. The van der Waals surface area contributed by atoms with Crippen LogP contribution in [-0.2, 0) is 21.8 Å². The highest BCUT2D eigenvalue weighted by molar-refractivity contribution is 6.30. The van der Waals surface area contributed by atoms with Crippen molar-refractivity contribution >= 4 is 23.3 Å². The van der Waals surface area contributed by atoms with Crippen molar-refractivity contribution in [3.8, 4) is 16.9 Å². The van der Waals surface area contributed by atoms with E-state index in [0.29, 0.717) is 34.9 Å². The standard InChI is InChI=1S/C29H28ClFN2O6/c1-17(35)26(36)29(39-16-28(15-34)11-12-28)24-23(10-9-22(25(24)31)18-3-5-19(30)6-4-18)27(37)33(29)14-20-7-8-21(38-2)13-32-20/h3-10,13,17,34-35H,11-12,14-16H2,1-2H3/t17?,29-/m1/s1. The van der Waals surface area contributed by atoms with Crippen molar-refractivity contribution in [2.75, 3.05) is 20.3 Å². The number of ether oxygens (including phenoxy) is 2. The maximum atomic E-state index is 16.6. The average Bonchev–Trinajstić information content (AvgIpc) is 3.69. The number of aliphatic hydroxyl groups is 2. The van der Waals surface area contributed by atoms with Gasteiger partial charge in [-0.3, -0.25) is 19.5 Å². The number of pyridine rings is 1. The number of carbonyl (C=O) groups excluding carboxylic acids is 2. The van der Waals surface area contributed by atoms with E-state index in [9.17, 15) is 19.8 Å². The lowest BCUT2D eigenvalue weighted by Gasteiger charge is -2.39. The summed E-state index contributed by atoms with van der Waals surface area (Å²) in [5, 5.41) is 20.9. The highest BCUT2D eigenvalue weighted by Gasteiger charge is 2.60. The van der Waals surface area contributed by atoms with E-state index in [2.05, 4.69) is 4.98 Å². The Kier molecular flexibility index (Phi) is 7.19. The summed E-state index contributed by atoms with van der Waals surface area (Å²) in [5.41, 5.74) is -2.21. The molecule has 10 heteroatoms. The van der Waals surface area contributed by atoms with Crippen molar-refractivity contribution in [2.45, 2.75) is 38.1 Å². The number of methoxy groups -OCH3 is 1. The molecule has 2 N–H and O–H groups in total. The van der Waals surface area contributed by atoms with Gasteiger partial charge < -0.3 is 19.7 Å². The number of hydrogen-bond acceptors (Lipinski definition) is 7. The Labute approximate surface area is 230 Å². The SMILES string of the molecule is COc1ccc(CN2C(=O)c3ccc(-c4ccc(Cl)cc4)c(F)c3[C@@]2(OCC2(CO)CC2)C(=O)C(C)O)nc1. The fourth-order valence-electron chi connectivity index (χ4n) is 4.87. The Bertz CT molecular complexity index is 1410. The Balaban J connectivity index is 1.70. The number of amides is 1. The van der Waals surface area contributed by atoms with Gasteiger partial charge in [0.25, 0.3) is 5.91 Å². The molecule has 0 spiro atoms. The minimum absolute atomic E-state index is 0.0541. The van der Waals surface area contributed by atoms with E-state index in [1.54, 1.807) is 36.4 Å². The molecule has 0 radical (unpaired) electrons. The van der Waals surface area contributed by atoms with E-state index in [-0.39, 0.29) is 36.4 Å². The van der Waals surface area contributed by atoms with Gasteiger partial charge in [-0.1, -0.05) is 29.8 Å². The van der Waals surface area contributed by atoms with Crippen LogP contribution in [0.4, 0.5) is 4.39 Å². The van der Waals surface area contributed by atoms with E-state index in [1.807, 2.05) is 0 Å². The molecule has 5 rings (SSSR count). The van der Waals surface area contributed by atoms with Gasteiger partial charge in [-0.05, 0) is 55.7 Å². The van der Waals surface area contributed by atoms with E-state index >= 15 is 4.39 Å². The number of carbonyl (C=O) groups is 2. The normalized spacial score (nSPS) is 20.1. The minimum atomic E-state index is -2.29. The maximum absolute atomic E-state index is 16.6. The van der Waals surface area contributed by atoms with Gasteiger partial charge in [0.05, 0.1) is 49.9 Å². The molecule has 1 aliphatic heterocycles. The molecule has 0 saturated heterocycles. The number of benzene rings is 2. The van der Waals surface area contributed by atoms with Gasteiger partial charge in [-0.2, -0.15) is 0 Å². The van der Waals surface area contributed by atoms with Crippen LogP contribution in [0.15, 0.2) is 54.7 Å². The van der Waals surface area contributed by atoms with Gasteiger partial charge in [-0.15, -0.1) is 0 Å². The van der Waals surface area contributed by atoms with Crippen molar-refractivity contribution in [2.24, 2.45) is 5.41 Å². The molecule has 2 aliphatic rings. The first kappa shape index (κ1) is 27.2. The van der Waals surface area contributed by atoms with E-state index in [0.717, 1.165) is 4.90 Å². The predicted octanol–water partition coefficient (Wildman–Crippen LogP) is 4.10. The molecule has 1 unspecified atom stereocenters. The average molecular weight is 555 g/mol. The Morgan fingerprint density at radius 1 is 1.15 bits per heavy atom. The topological polar surface area (TPSA) is 109 Å². The predicted molar refractivity (Wildman–Crippen MR) is 141 cm³/mol.